The van der Waals surface area contributed by atoms with E-state index < -0.39 is 5.97 Å². The quantitative estimate of drug-likeness (QED) is 0.778. The number of rotatable bonds is 4. The van der Waals surface area contributed by atoms with E-state index in [1.807, 2.05) is 19.1 Å². The molecule has 0 radical (unpaired) electrons. The van der Waals surface area contributed by atoms with Gasteiger partial charge in [0, 0.05) is 0 Å². The summed E-state index contributed by atoms with van der Waals surface area (Å²) in [5.41, 5.74) is 2.96. The Labute approximate surface area is 95.2 Å². The van der Waals surface area contributed by atoms with E-state index in [1.165, 1.54) is 0 Å². The molecule has 2 heteroatoms. The molecule has 0 heterocycles. The van der Waals surface area contributed by atoms with Gasteiger partial charge in [-0.2, -0.15) is 0 Å². The number of hydrogen-bond acceptors (Lipinski definition) is 1. The van der Waals surface area contributed by atoms with Crippen molar-refractivity contribution < 1.29 is 9.90 Å². The number of carbonyl (C=O) groups is 1. The average molecular weight is 214 g/mol. The number of allylic oxidation sites excluding steroid dienone is 4. The minimum atomic E-state index is -0.922. The van der Waals surface area contributed by atoms with E-state index in [0.717, 1.165) is 16.7 Å². The molecule has 0 saturated heterocycles. The van der Waals surface area contributed by atoms with Crippen molar-refractivity contribution in [2.45, 2.75) is 6.92 Å². The van der Waals surface area contributed by atoms with Gasteiger partial charge >= 0.3 is 5.97 Å². The van der Waals surface area contributed by atoms with Crippen LogP contribution in [-0.4, -0.2) is 11.1 Å². The fourth-order valence-corrected chi connectivity index (χ4v) is 1.17. The molecule has 1 aromatic carbocycles. The lowest BCUT2D eigenvalue weighted by Crippen LogP contribution is -1.95. The normalized spacial score (nSPS) is 10.3. The summed E-state index contributed by atoms with van der Waals surface area (Å²) in [6.07, 6.45) is 3.73. The Bertz CT molecular complexity index is 450. The van der Waals surface area contributed by atoms with Crippen LogP contribution in [0.4, 0.5) is 0 Å². The molecule has 2 nitrogen and oxygen atoms in total. The Morgan fingerprint density at radius 3 is 2.06 bits per heavy atom. The van der Waals surface area contributed by atoms with Crippen LogP contribution in [0.15, 0.2) is 55.1 Å². The Balaban J connectivity index is 2.86. The first-order valence-corrected chi connectivity index (χ1v) is 4.87. The van der Waals surface area contributed by atoms with E-state index in [-0.39, 0.29) is 5.56 Å². The highest BCUT2D eigenvalue weighted by Crippen LogP contribution is 2.15. The molecule has 1 N–H and O–H groups in total. The Hall–Kier alpha value is -2.09. The minimum absolute atomic E-state index is 0.278. The van der Waals surface area contributed by atoms with E-state index in [1.54, 1.807) is 24.3 Å². The largest absolute Gasteiger partial charge is 0.478 e. The second-order valence-electron chi connectivity index (χ2n) is 3.59. The van der Waals surface area contributed by atoms with Gasteiger partial charge in [-0.05, 0) is 30.2 Å². The van der Waals surface area contributed by atoms with Gasteiger partial charge in [-0.15, -0.1) is 0 Å². The molecular formula is C14H14O2. The molecule has 0 aliphatic rings. The van der Waals surface area contributed by atoms with E-state index in [4.69, 9.17) is 5.11 Å². The first-order chi connectivity index (χ1) is 7.50. The molecule has 0 amide bonds. The molecule has 0 saturated carbocycles. The Morgan fingerprint density at radius 2 is 1.62 bits per heavy atom. The third-order valence-corrected chi connectivity index (χ3v) is 2.07. The Morgan fingerprint density at radius 1 is 1.12 bits per heavy atom. The van der Waals surface area contributed by atoms with Crippen LogP contribution in [0.3, 0.4) is 0 Å². The summed E-state index contributed by atoms with van der Waals surface area (Å²) in [5.74, 6) is -0.922. The second kappa shape index (κ2) is 5.12. The number of aromatic carboxylic acids is 1. The van der Waals surface area contributed by atoms with Gasteiger partial charge in [0.15, 0.2) is 0 Å². The lowest BCUT2D eigenvalue weighted by Gasteiger charge is -2.01. The molecule has 1 rings (SSSR count). The fraction of sp³-hybridized carbons (Fsp3) is 0.0714. The van der Waals surface area contributed by atoms with Crippen molar-refractivity contribution in [3.05, 3.63) is 66.3 Å². The van der Waals surface area contributed by atoms with Gasteiger partial charge in [0.1, 0.15) is 0 Å². The maximum Gasteiger partial charge on any atom is 0.335 e. The van der Waals surface area contributed by atoms with Gasteiger partial charge in [0.2, 0.25) is 0 Å². The van der Waals surface area contributed by atoms with Gasteiger partial charge in [-0.3, -0.25) is 0 Å². The van der Waals surface area contributed by atoms with Crippen molar-refractivity contribution in [3.8, 4) is 0 Å². The maximum absolute atomic E-state index is 10.6. The van der Waals surface area contributed by atoms with Crippen LogP contribution in [0.25, 0.3) is 5.57 Å². The molecule has 82 valence electrons. The SMILES string of the molecule is C=C(C)/C=C\C(=C)c1ccc(C(=O)O)cc1. The van der Waals surface area contributed by atoms with Crippen LogP contribution in [0.2, 0.25) is 0 Å². The average Bonchev–Trinajstić information content (AvgIpc) is 2.26. The number of hydrogen-bond donors (Lipinski definition) is 1. The van der Waals surface area contributed by atoms with Crippen molar-refractivity contribution in [3.63, 3.8) is 0 Å². The molecule has 0 spiro atoms. The summed E-state index contributed by atoms with van der Waals surface area (Å²) < 4.78 is 0. The lowest BCUT2D eigenvalue weighted by atomic mass is 10.0. The highest BCUT2D eigenvalue weighted by atomic mass is 16.4. The standard InChI is InChI=1S/C14H14O2/c1-10(2)4-5-11(3)12-6-8-13(9-7-12)14(15)16/h4-9H,1,3H2,2H3,(H,15,16)/b5-4-. The second-order valence-corrected chi connectivity index (χ2v) is 3.59. The zero-order chi connectivity index (χ0) is 12.1. The molecule has 1 aromatic rings. The summed E-state index contributed by atoms with van der Waals surface area (Å²) in [5, 5.41) is 8.74. The zero-order valence-corrected chi connectivity index (χ0v) is 9.23. The third-order valence-electron chi connectivity index (χ3n) is 2.07. The molecule has 16 heavy (non-hydrogen) atoms. The fourth-order valence-electron chi connectivity index (χ4n) is 1.17. The van der Waals surface area contributed by atoms with Crippen molar-refractivity contribution in [1.82, 2.24) is 0 Å². The smallest absolute Gasteiger partial charge is 0.335 e. The van der Waals surface area contributed by atoms with Crippen LogP contribution >= 0.6 is 0 Å². The van der Waals surface area contributed by atoms with Crippen molar-refractivity contribution in [2.24, 2.45) is 0 Å². The summed E-state index contributed by atoms with van der Waals surface area (Å²) >= 11 is 0. The van der Waals surface area contributed by atoms with Crippen LogP contribution in [0, 0.1) is 0 Å². The highest BCUT2D eigenvalue weighted by Gasteiger charge is 2.01. The lowest BCUT2D eigenvalue weighted by molar-refractivity contribution is 0.0697. The predicted octanol–water partition coefficient (Wildman–Crippen LogP) is 3.53. The third kappa shape index (κ3) is 3.24. The molecule has 0 unspecified atom stereocenters. The topological polar surface area (TPSA) is 37.3 Å². The maximum atomic E-state index is 10.6. The zero-order valence-electron chi connectivity index (χ0n) is 9.23. The van der Waals surface area contributed by atoms with Crippen molar-refractivity contribution >= 4 is 11.5 Å². The van der Waals surface area contributed by atoms with E-state index >= 15 is 0 Å². The first kappa shape index (κ1) is 12.0. The molecule has 0 aliphatic heterocycles. The molecule has 0 aromatic heterocycles. The van der Waals surface area contributed by atoms with Gasteiger partial charge in [0.25, 0.3) is 0 Å². The highest BCUT2D eigenvalue weighted by molar-refractivity contribution is 5.88. The van der Waals surface area contributed by atoms with E-state index in [9.17, 15) is 4.79 Å². The van der Waals surface area contributed by atoms with Crippen LogP contribution in [0.1, 0.15) is 22.8 Å². The summed E-state index contributed by atoms with van der Waals surface area (Å²) in [4.78, 5) is 10.6. The molecular weight excluding hydrogens is 200 g/mol. The van der Waals surface area contributed by atoms with Gasteiger partial charge in [-0.1, -0.05) is 43.0 Å². The summed E-state index contributed by atoms with van der Waals surface area (Å²) in [6.45, 7) is 9.55. The van der Waals surface area contributed by atoms with Crippen LogP contribution in [-0.2, 0) is 0 Å². The van der Waals surface area contributed by atoms with E-state index in [2.05, 4.69) is 13.2 Å². The molecule has 0 aliphatic carbocycles. The molecule has 0 atom stereocenters. The van der Waals surface area contributed by atoms with Crippen LogP contribution < -0.4 is 0 Å². The number of carboxylic acids is 1. The van der Waals surface area contributed by atoms with Crippen LogP contribution in [0.5, 0.6) is 0 Å². The van der Waals surface area contributed by atoms with Gasteiger partial charge in [0.05, 0.1) is 5.56 Å². The summed E-state index contributed by atoms with van der Waals surface area (Å²) in [7, 11) is 0. The van der Waals surface area contributed by atoms with Crippen molar-refractivity contribution in [1.29, 1.82) is 0 Å². The van der Waals surface area contributed by atoms with Crippen molar-refractivity contribution in [2.75, 3.05) is 0 Å². The first-order valence-electron chi connectivity index (χ1n) is 4.87. The number of benzene rings is 1. The summed E-state index contributed by atoms with van der Waals surface area (Å²) in [6, 6.07) is 6.62. The molecule has 0 bridgehead atoms. The number of carboxylic acid groups (broad SMARTS) is 1. The van der Waals surface area contributed by atoms with Gasteiger partial charge < -0.3 is 5.11 Å². The monoisotopic (exact) mass is 214 g/mol. The predicted molar refractivity (Wildman–Crippen MR) is 66.4 cm³/mol. The van der Waals surface area contributed by atoms with E-state index in [0.29, 0.717) is 0 Å². The Kier molecular flexibility index (Phi) is 3.84. The minimum Gasteiger partial charge on any atom is -0.478 e. The van der Waals surface area contributed by atoms with Gasteiger partial charge in [-0.25, -0.2) is 4.79 Å². The molecule has 0 fully saturated rings.